The van der Waals surface area contributed by atoms with Crippen molar-refractivity contribution < 1.29 is 9.60 Å². The molecule has 0 aliphatic carbocycles. The second-order valence-corrected chi connectivity index (χ2v) is 2.43. The van der Waals surface area contributed by atoms with Gasteiger partial charge in [0.2, 0.25) is 0 Å². The van der Waals surface area contributed by atoms with Gasteiger partial charge in [-0.3, -0.25) is 0 Å². The third-order valence-corrected chi connectivity index (χ3v) is 1.58. The summed E-state index contributed by atoms with van der Waals surface area (Å²) in [5.74, 6) is -0.205. The zero-order valence-corrected chi connectivity index (χ0v) is 6.57. The molecule has 0 atom stereocenters. The van der Waals surface area contributed by atoms with E-state index < -0.39 is 0 Å². The molecule has 64 valence electrons. The predicted octanol–water partition coefficient (Wildman–Crippen LogP) is 2.22. The van der Waals surface area contributed by atoms with Crippen molar-refractivity contribution in [2.75, 3.05) is 0 Å². The molecule has 3 heteroatoms. The summed E-state index contributed by atoms with van der Waals surface area (Å²) < 4.78 is 12.9. The first-order chi connectivity index (χ1) is 5.84. The number of oxime groups is 1. The van der Waals surface area contributed by atoms with Gasteiger partial charge in [-0.1, -0.05) is 18.2 Å². The van der Waals surface area contributed by atoms with Crippen LogP contribution >= 0.6 is 0 Å². The minimum Gasteiger partial charge on any atom is -0.411 e. The van der Waals surface area contributed by atoms with Gasteiger partial charge in [-0.05, 0) is 24.5 Å². The average molecular weight is 167 g/mol. The minimum atomic E-state index is -0.205. The molecule has 0 radical (unpaired) electrons. The lowest BCUT2D eigenvalue weighted by Gasteiger charge is -1.98. The Morgan fingerprint density at radius 3 is 2.83 bits per heavy atom. The fourth-order valence-corrected chi connectivity index (χ4v) is 0.979. The summed E-state index contributed by atoms with van der Waals surface area (Å²) in [7, 11) is 0. The smallest absolute Gasteiger partial charge is 0.126 e. The van der Waals surface area contributed by atoms with E-state index in [1.807, 2.05) is 0 Å². The van der Waals surface area contributed by atoms with Crippen molar-refractivity contribution in [3.05, 3.63) is 35.6 Å². The van der Waals surface area contributed by atoms with Gasteiger partial charge in [0.1, 0.15) is 5.82 Å². The first kappa shape index (κ1) is 8.71. The van der Waals surface area contributed by atoms with Gasteiger partial charge in [0.25, 0.3) is 0 Å². The molecule has 12 heavy (non-hydrogen) atoms. The van der Waals surface area contributed by atoms with Crippen LogP contribution in [0.2, 0.25) is 0 Å². The molecule has 1 aromatic rings. The molecule has 0 amide bonds. The molecule has 0 bridgehead atoms. The fraction of sp³-hybridized carbons (Fsp3) is 0.222. The molecule has 0 saturated heterocycles. The average Bonchev–Trinajstić information content (AvgIpc) is 2.09. The minimum absolute atomic E-state index is 0.205. The van der Waals surface area contributed by atoms with E-state index in [0.717, 1.165) is 0 Å². The van der Waals surface area contributed by atoms with Gasteiger partial charge in [0.05, 0.1) is 0 Å². The summed E-state index contributed by atoms with van der Waals surface area (Å²) in [4.78, 5) is 0. The molecule has 1 N–H and O–H groups in total. The molecule has 0 fully saturated rings. The van der Waals surface area contributed by atoms with E-state index in [1.54, 1.807) is 18.2 Å². The van der Waals surface area contributed by atoms with Crippen molar-refractivity contribution in [3.63, 3.8) is 0 Å². The summed E-state index contributed by atoms with van der Waals surface area (Å²) >= 11 is 0. The van der Waals surface area contributed by atoms with E-state index >= 15 is 0 Å². The fourth-order valence-electron chi connectivity index (χ4n) is 0.979. The molecule has 0 saturated carbocycles. The molecule has 1 aromatic carbocycles. The summed E-state index contributed by atoms with van der Waals surface area (Å²) in [6.07, 6.45) is 2.47. The first-order valence-corrected chi connectivity index (χ1v) is 3.74. The molecule has 0 aromatic heterocycles. The maximum atomic E-state index is 12.9. The van der Waals surface area contributed by atoms with E-state index in [0.29, 0.717) is 18.4 Å². The van der Waals surface area contributed by atoms with E-state index in [9.17, 15) is 4.39 Å². The van der Waals surface area contributed by atoms with Crippen LogP contribution < -0.4 is 0 Å². The Bertz CT molecular complexity index is 273. The number of aryl methyl sites for hydroxylation is 1. The third kappa shape index (κ3) is 2.34. The Kier molecular flexibility index (Phi) is 3.26. The molecule has 0 aliphatic heterocycles. The van der Waals surface area contributed by atoms with Gasteiger partial charge < -0.3 is 5.21 Å². The van der Waals surface area contributed by atoms with Crippen LogP contribution in [0.15, 0.2) is 29.4 Å². The van der Waals surface area contributed by atoms with Gasteiger partial charge in [0.15, 0.2) is 0 Å². The molecule has 0 unspecified atom stereocenters. The second kappa shape index (κ2) is 4.49. The van der Waals surface area contributed by atoms with Crippen LogP contribution in [-0.2, 0) is 6.42 Å². The van der Waals surface area contributed by atoms with Gasteiger partial charge in [-0.25, -0.2) is 4.39 Å². The maximum Gasteiger partial charge on any atom is 0.126 e. The molecule has 2 nitrogen and oxygen atoms in total. The quantitative estimate of drug-likeness (QED) is 0.418. The standard InChI is InChI=1S/C9H10FNO/c10-9-6-2-1-4-8(9)5-3-7-11-12/h1-2,4,6-7,12H,3,5H2. The van der Waals surface area contributed by atoms with Gasteiger partial charge in [-0.2, -0.15) is 0 Å². The molecular weight excluding hydrogens is 157 g/mol. The van der Waals surface area contributed by atoms with Crippen molar-refractivity contribution in [2.24, 2.45) is 5.16 Å². The zero-order chi connectivity index (χ0) is 8.81. The summed E-state index contributed by atoms with van der Waals surface area (Å²) in [5.41, 5.74) is 0.650. The van der Waals surface area contributed by atoms with Crippen LogP contribution in [0.5, 0.6) is 0 Å². The Labute approximate surface area is 70.3 Å². The zero-order valence-electron chi connectivity index (χ0n) is 6.57. The van der Waals surface area contributed by atoms with Gasteiger partial charge >= 0.3 is 0 Å². The highest BCUT2D eigenvalue weighted by Gasteiger charge is 1.97. The van der Waals surface area contributed by atoms with Crippen LogP contribution in [0.1, 0.15) is 12.0 Å². The highest BCUT2D eigenvalue weighted by molar-refractivity contribution is 5.56. The van der Waals surface area contributed by atoms with Crippen molar-refractivity contribution in [2.45, 2.75) is 12.8 Å². The largest absolute Gasteiger partial charge is 0.411 e. The van der Waals surface area contributed by atoms with Crippen LogP contribution in [0.25, 0.3) is 0 Å². The topological polar surface area (TPSA) is 32.6 Å². The maximum absolute atomic E-state index is 12.9. The van der Waals surface area contributed by atoms with E-state index in [4.69, 9.17) is 5.21 Å². The lowest BCUT2D eigenvalue weighted by Crippen LogP contribution is -1.90. The Morgan fingerprint density at radius 1 is 1.42 bits per heavy atom. The SMILES string of the molecule is ON=CCCc1ccccc1F. The Balaban J connectivity index is 2.57. The van der Waals surface area contributed by atoms with Crippen LogP contribution in [0.4, 0.5) is 4.39 Å². The second-order valence-electron chi connectivity index (χ2n) is 2.43. The van der Waals surface area contributed by atoms with Crippen LogP contribution in [0.3, 0.4) is 0 Å². The lowest BCUT2D eigenvalue weighted by molar-refractivity contribution is 0.320. The predicted molar refractivity (Wildman–Crippen MR) is 45.0 cm³/mol. The molecular formula is C9H10FNO. The third-order valence-electron chi connectivity index (χ3n) is 1.58. The summed E-state index contributed by atoms with van der Waals surface area (Å²) in [6, 6.07) is 6.58. The number of nitrogens with zero attached hydrogens (tertiary/aromatic N) is 1. The Morgan fingerprint density at radius 2 is 2.17 bits per heavy atom. The molecule has 0 aliphatic rings. The monoisotopic (exact) mass is 167 g/mol. The normalized spacial score (nSPS) is 10.8. The van der Waals surface area contributed by atoms with Crippen molar-refractivity contribution >= 4 is 6.21 Å². The van der Waals surface area contributed by atoms with Crippen molar-refractivity contribution in [1.29, 1.82) is 0 Å². The number of halogens is 1. The molecule has 1 rings (SSSR count). The van der Waals surface area contributed by atoms with Crippen molar-refractivity contribution in [1.82, 2.24) is 0 Å². The van der Waals surface area contributed by atoms with Gasteiger partial charge in [-0.15, -0.1) is 5.16 Å². The van der Waals surface area contributed by atoms with E-state index in [2.05, 4.69) is 5.16 Å². The lowest BCUT2D eigenvalue weighted by atomic mass is 10.1. The van der Waals surface area contributed by atoms with Gasteiger partial charge in [0, 0.05) is 6.21 Å². The molecule has 0 heterocycles. The van der Waals surface area contributed by atoms with E-state index in [-0.39, 0.29) is 5.82 Å². The van der Waals surface area contributed by atoms with Crippen LogP contribution in [-0.4, -0.2) is 11.4 Å². The number of hydrogen-bond donors (Lipinski definition) is 1. The first-order valence-electron chi connectivity index (χ1n) is 3.74. The highest BCUT2D eigenvalue weighted by Crippen LogP contribution is 2.07. The highest BCUT2D eigenvalue weighted by atomic mass is 19.1. The van der Waals surface area contributed by atoms with E-state index in [1.165, 1.54) is 12.3 Å². The number of hydrogen-bond acceptors (Lipinski definition) is 2. The molecule has 0 spiro atoms. The van der Waals surface area contributed by atoms with Crippen molar-refractivity contribution in [3.8, 4) is 0 Å². The number of rotatable bonds is 3. The summed E-state index contributed by atoms with van der Waals surface area (Å²) in [5, 5.41) is 10.9. The van der Waals surface area contributed by atoms with Crippen LogP contribution in [0, 0.1) is 5.82 Å². The summed E-state index contributed by atoms with van der Waals surface area (Å²) in [6.45, 7) is 0. The Hall–Kier alpha value is -1.38. The number of benzene rings is 1.